The van der Waals surface area contributed by atoms with Crippen LogP contribution in [0, 0.1) is 10.1 Å². The fourth-order valence-corrected chi connectivity index (χ4v) is 5.37. The number of ether oxygens (including phenoxy) is 2. The summed E-state index contributed by atoms with van der Waals surface area (Å²) in [5, 5.41) is 14.3. The molecule has 0 amide bonds. The summed E-state index contributed by atoms with van der Waals surface area (Å²) >= 11 is 0. The molecule has 0 radical (unpaired) electrons. The molecule has 10 nitrogen and oxygen atoms in total. The molecule has 1 atom stereocenters. The minimum atomic E-state index is -4.38. The smallest absolute Gasteiger partial charge is 0.416 e. The molecule has 13 heteroatoms. The lowest BCUT2D eigenvalue weighted by molar-refractivity contribution is -0.384. The number of allylic oxidation sites excluding steroid dienone is 2. The maximum atomic E-state index is 13.5. The number of carbonyl (C=O) groups excluding carboxylic acids is 2. The molecule has 2 aromatic carbocycles. The number of benzene rings is 2. The number of non-ortho nitro benzene ring substituents is 1. The Kier molecular flexibility index (Phi) is 9.98. The first-order valence-corrected chi connectivity index (χ1v) is 14.2. The van der Waals surface area contributed by atoms with Gasteiger partial charge in [0.1, 0.15) is 6.61 Å². The summed E-state index contributed by atoms with van der Waals surface area (Å²) < 4.78 is 49.8. The van der Waals surface area contributed by atoms with Crippen LogP contribution in [0.1, 0.15) is 44.7 Å². The first kappa shape index (κ1) is 32.5. The number of esters is 2. The fraction of sp³-hybridized carbons (Fsp3) is 0.419. The van der Waals surface area contributed by atoms with Gasteiger partial charge in [-0.2, -0.15) is 13.2 Å². The highest BCUT2D eigenvalue weighted by molar-refractivity contribution is 6.00. The number of dihydropyridines is 1. The van der Waals surface area contributed by atoms with Crippen molar-refractivity contribution in [3.05, 3.63) is 92.3 Å². The van der Waals surface area contributed by atoms with Crippen LogP contribution in [0.3, 0.4) is 0 Å². The van der Waals surface area contributed by atoms with Crippen molar-refractivity contribution >= 4 is 23.3 Å². The van der Waals surface area contributed by atoms with Gasteiger partial charge in [0.25, 0.3) is 5.69 Å². The Labute approximate surface area is 253 Å². The van der Waals surface area contributed by atoms with Gasteiger partial charge in [0.15, 0.2) is 0 Å². The molecule has 236 valence electrons. The molecule has 1 saturated heterocycles. The lowest BCUT2D eigenvalue weighted by Gasteiger charge is -2.36. The number of nitrogens with one attached hydrogen (secondary N) is 1. The van der Waals surface area contributed by atoms with Gasteiger partial charge < -0.3 is 19.7 Å². The van der Waals surface area contributed by atoms with Crippen LogP contribution in [0.5, 0.6) is 0 Å². The quantitative estimate of drug-likeness (QED) is 0.232. The number of hydrogen-bond donors (Lipinski definition) is 1. The number of carbonyl (C=O) groups is 2. The summed E-state index contributed by atoms with van der Waals surface area (Å²) in [4.78, 5) is 41.5. The van der Waals surface area contributed by atoms with E-state index >= 15 is 0 Å². The second-order valence-corrected chi connectivity index (χ2v) is 10.9. The number of anilines is 1. The SMILES string of the molecule is CC1=C(C(=O)OCCN2CCN(c3ccc(C(F)(F)F)cc3)CC2)C(c2ccc([N+](=O)[O-])cc2)C(C(=O)OC(C)C)=C(C)N1. The largest absolute Gasteiger partial charge is 0.461 e. The summed E-state index contributed by atoms with van der Waals surface area (Å²) in [7, 11) is 0. The monoisotopic (exact) mass is 616 g/mol. The van der Waals surface area contributed by atoms with E-state index in [1.807, 2.05) is 4.90 Å². The number of alkyl halides is 3. The van der Waals surface area contributed by atoms with Gasteiger partial charge in [0.2, 0.25) is 0 Å². The molecule has 44 heavy (non-hydrogen) atoms. The average Bonchev–Trinajstić information content (AvgIpc) is 2.96. The zero-order valence-electron chi connectivity index (χ0n) is 24.9. The number of nitrogens with zero attached hydrogens (tertiary/aromatic N) is 3. The van der Waals surface area contributed by atoms with Crippen molar-refractivity contribution in [2.24, 2.45) is 0 Å². The molecule has 1 unspecified atom stereocenters. The van der Waals surface area contributed by atoms with E-state index in [9.17, 15) is 32.9 Å². The Morgan fingerprint density at radius 1 is 0.955 bits per heavy atom. The fourth-order valence-electron chi connectivity index (χ4n) is 5.37. The van der Waals surface area contributed by atoms with Gasteiger partial charge in [-0.05, 0) is 57.5 Å². The van der Waals surface area contributed by atoms with Gasteiger partial charge >= 0.3 is 18.1 Å². The van der Waals surface area contributed by atoms with Crippen molar-refractivity contribution < 1.29 is 37.2 Å². The standard InChI is InChI=1S/C31H35F3N4O6/c1-19(2)44-30(40)27-21(4)35-20(3)26(28(27)22-5-9-25(10-6-22)38(41)42)29(39)43-18-17-36-13-15-37(16-14-36)24-11-7-23(8-12-24)31(32,33)34/h5-12,19,28,35H,13-18H2,1-4H3. The normalized spacial score (nSPS) is 17.9. The van der Waals surface area contributed by atoms with E-state index in [2.05, 4.69) is 10.2 Å². The first-order chi connectivity index (χ1) is 20.8. The number of hydrogen-bond acceptors (Lipinski definition) is 9. The molecule has 2 aliphatic rings. The average molecular weight is 617 g/mol. The zero-order valence-corrected chi connectivity index (χ0v) is 24.9. The van der Waals surface area contributed by atoms with Crippen LogP contribution in [0.15, 0.2) is 71.1 Å². The van der Waals surface area contributed by atoms with Gasteiger partial charge in [-0.25, -0.2) is 9.59 Å². The van der Waals surface area contributed by atoms with Gasteiger partial charge in [-0.15, -0.1) is 0 Å². The number of piperazine rings is 1. The van der Waals surface area contributed by atoms with Crippen molar-refractivity contribution in [2.75, 3.05) is 44.2 Å². The molecule has 2 aromatic rings. The van der Waals surface area contributed by atoms with Gasteiger partial charge in [0, 0.05) is 61.9 Å². The van der Waals surface area contributed by atoms with E-state index in [0.717, 1.165) is 12.1 Å². The summed E-state index contributed by atoms with van der Waals surface area (Å²) in [6.45, 7) is 9.77. The van der Waals surface area contributed by atoms with E-state index in [4.69, 9.17) is 9.47 Å². The number of halogens is 3. The van der Waals surface area contributed by atoms with Gasteiger partial charge in [-0.3, -0.25) is 15.0 Å². The maximum absolute atomic E-state index is 13.5. The molecule has 2 aliphatic heterocycles. The van der Waals surface area contributed by atoms with Crippen LogP contribution in [-0.2, 0) is 25.2 Å². The Bertz CT molecular complexity index is 1440. The van der Waals surface area contributed by atoms with Crippen molar-refractivity contribution in [2.45, 2.75) is 45.9 Å². The van der Waals surface area contributed by atoms with Crippen LogP contribution in [-0.4, -0.2) is 67.2 Å². The molecule has 0 saturated carbocycles. The van der Waals surface area contributed by atoms with E-state index in [1.54, 1.807) is 27.7 Å². The second kappa shape index (κ2) is 13.5. The highest BCUT2D eigenvalue weighted by Crippen LogP contribution is 2.40. The van der Waals surface area contributed by atoms with Crippen LogP contribution in [0.2, 0.25) is 0 Å². The maximum Gasteiger partial charge on any atom is 0.416 e. The van der Waals surface area contributed by atoms with Crippen molar-refractivity contribution in [1.82, 2.24) is 10.2 Å². The predicted octanol–water partition coefficient (Wildman–Crippen LogP) is 5.17. The minimum absolute atomic E-state index is 0.0668. The molecule has 0 aliphatic carbocycles. The molecule has 1 N–H and O–H groups in total. The highest BCUT2D eigenvalue weighted by Gasteiger charge is 2.38. The lowest BCUT2D eigenvalue weighted by Crippen LogP contribution is -2.47. The Hall–Kier alpha value is -4.39. The van der Waals surface area contributed by atoms with Crippen LogP contribution >= 0.6 is 0 Å². The van der Waals surface area contributed by atoms with Crippen molar-refractivity contribution in [3.8, 4) is 0 Å². The van der Waals surface area contributed by atoms with Crippen LogP contribution in [0.25, 0.3) is 0 Å². The van der Waals surface area contributed by atoms with Gasteiger partial charge in [-0.1, -0.05) is 12.1 Å². The Morgan fingerprint density at radius 2 is 1.52 bits per heavy atom. The third-order valence-electron chi connectivity index (χ3n) is 7.55. The molecule has 4 rings (SSSR count). The van der Waals surface area contributed by atoms with Crippen molar-refractivity contribution in [3.63, 3.8) is 0 Å². The van der Waals surface area contributed by atoms with E-state index in [0.29, 0.717) is 55.4 Å². The minimum Gasteiger partial charge on any atom is -0.461 e. The summed E-state index contributed by atoms with van der Waals surface area (Å²) in [5.41, 5.74) is 1.79. The summed E-state index contributed by atoms with van der Waals surface area (Å²) in [6.07, 6.45) is -4.80. The molecule has 0 spiro atoms. The van der Waals surface area contributed by atoms with E-state index in [-0.39, 0.29) is 23.4 Å². The molecular formula is C31H35F3N4O6. The number of nitro groups is 1. The first-order valence-electron chi connectivity index (χ1n) is 14.2. The molecular weight excluding hydrogens is 581 g/mol. The topological polar surface area (TPSA) is 114 Å². The number of nitro benzene ring substituents is 1. The Morgan fingerprint density at radius 3 is 2.05 bits per heavy atom. The summed E-state index contributed by atoms with van der Waals surface area (Å²) in [6, 6.07) is 10.8. The van der Waals surface area contributed by atoms with Gasteiger partial charge in [0.05, 0.1) is 33.7 Å². The van der Waals surface area contributed by atoms with Crippen LogP contribution in [0.4, 0.5) is 24.5 Å². The second-order valence-electron chi connectivity index (χ2n) is 10.9. The molecule has 0 aromatic heterocycles. The van der Waals surface area contributed by atoms with Crippen molar-refractivity contribution in [1.29, 1.82) is 0 Å². The Balaban J connectivity index is 1.42. The highest BCUT2D eigenvalue weighted by atomic mass is 19.4. The third-order valence-corrected chi connectivity index (χ3v) is 7.55. The molecule has 2 heterocycles. The molecule has 1 fully saturated rings. The summed E-state index contributed by atoms with van der Waals surface area (Å²) in [5.74, 6) is -2.12. The third kappa shape index (κ3) is 7.57. The van der Waals surface area contributed by atoms with E-state index < -0.39 is 40.6 Å². The molecule has 0 bridgehead atoms. The number of rotatable bonds is 9. The predicted molar refractivity (Wildman–Crippen MR) is 157 cm³/mol. The van der Waals surface area contributed by atoms with Crippen LogP contribution < -0.4 is 10.2 Å². The lowest BCUT2D eigenvalue weighted by atomic mass is 9.80. The zero-order chi connectivity index (χ0) is 32.2. The van der Waals surface area contributed by atoms with E-state index in [1.165, 1.54) is 36.4 Å².